The van der Waals surface area contributed by atoms with Crippen LogP contribution < -0.4 is 21.7 Å². The first-order chi connectivity index (χ1) is 9.15. The van der Waals surface area contributed by atoms with E-state index in [1.54, 1.807) is 6.08 Å². The highest BCUT2D eigenvalue weighted by Crippen LogP contribution is 2.20. The Kier molecular flexibility index (Phi) is 2.61. The number of rotatable bonds is 2. The predicted molar refractivity (Wildman–Crippen MR) is 75.3 cm³/mol. The number of anilines is 1. The van der Waals surface area contributed by atoms with Gasteiger partial charge in [0, 0.05) is 11.9 Å². The fraction of sp³-hybridized carbons (Fsp3) is 0.0714. The Bertz CT molecular complexity index is 667. The van der Waals surface area contributed by atoms with E-state index in [2.05, 4.69) is 16.0 Å². The lowest BCUT2D eigenvalue weighted by atomic mass is 10.1. The van der Waals surface area contributed by atoms with Crippen molar-refractivity contribution in [3.05, 3.63) is 54.7 Å². The van der Waals surface area contributed by atoms with Crippen molar-refractivity contribution in [2.45, 2.75) is 5.79 Å². The Hall–Kier alpha value is -2.53. The first kappa shape index (κ1) is 11.6. The molecule has 1 atom stereocenters. The van der Waals surface area contributed by atoms with Crippen LogP contribution in [0.5, 0.6) is 0 Å². The summed E-state index contributed by atoms with van der Waals surface area (Å²) < 4.78 is 0. The molecule has 96 valence electrons. The number of hydrogen-bond acceptors (Lipinski definition) is 3. The van der Waals surface area contributed by atoms with Crippen molar-refractivity contribution in [2.75, 3.05) is 5.32 Å². The first-order valence-electron chi connectivity index (χ1n) is 5.97. The van der Waals surface area contributed by atoms with Crippen molar-refractivity contribution < 1.29 is 4.79 Å². The van der Waals surface area contributed by atoms with Gasteiger partial charge in [0.2, 0.25) is 0 Å². The molecule has 5 heteroatoms. The van der Waals surface area contributed by atoms with Crippen LogP contribution in [-0.2, 0) is 0 Å². The molecule has 5 nitrogen and oxygen atoms in total. The first-order valence-corrected chi connectivity index (χ1v) is 5.97. The molecule has 0 radical (unpaired) electrons. The lowest BCUT2D eigenvalue weighted by Crippen LogP contribution is -2.64. The molecular weight excluding hydrogens is 240 g/mol. The Labute approximate surface area is 110 Å². The number of hydrogen-bond donors (Lipinski definition) is 4. The van der Waals surface area contributed by atoms with Crippen molar-refractivity contribution in [3.8, 4) is 0 Å². The number of urea groups is 1. The molecule has 3 rings (SSSR count). The molecule has 0 saturated carbocycles. The normalized spacial score (nSPS) is 21.8. The minimum absolute atomic E-state index is 0.335. The average Bonchev–Trinajstić information content (AvgIpc) is 2.38. The minimum atomic E-state index is -1.08. The molecule has 0 bridgehead atoms. The Morgan fingerprint density at radius 2 is 1.89 bits per heavy atom. The molecule has 19 heavy (non-hydrogen) atoms. The number of amides is 2. The molecule has 1 unspecified atom stereocenters. The van der Waals surface area contributed by atoms with E-state index in [0.29, 0.717) is 0 Å². The van der Waals surface area contributed by atoms with Crippen LogP contribution >= 0.6 is 0 Å². The second-order valence-corrected chi connectivity index (χ2v) is 4.49. The molecule has 2 aromatic carbocycles. The maximum absolute atomic E-state index is 11.3. The van der Waals surface area contributed by atoms with E-state index < -0.39 is 5.79 Å². The minimum Gasteiger partial charge on any atom is -0.347 e. The van der Waals surface area contributed by atoms with Gasteiger partial charge in [0.1, 0.15) is 0 Å². The Morgan fingerprint density at radius 3 is 2.68 bits per heavy atom. The van der Waals surface area contributed by atoms with Gasteiger partial charge in [0.05, 0.1) is 0 Å². The number of nitrogens with two attached hydrogens (primary N) is 1. The van der Waals surface area contributed by atoms with Crippen LogP contribution in [0.25, 0.3) is 10.8 Å². The van der Waals surface area contributed by atoms with Gasteiger partial charge in [-0.25, -0.2) is 4.79 Å². The van der Waals surface area contributed by atoms with Gasteiger partial charge in [-0.15, -0.1) is 0 Å². The molecule has 5 N–H and O–H groups in total. The van der Waals surface area contributed by atoms with Crippen molar-refractivity contribution in [1.82, 2.24) is 10.6 Å². The summed E-state index contributed by atoms with van der Waals surface area (Å²) in [6.07, 6.45) is 3.18. The molecule has 0 saturated heterocycles. The third-order valence-corrected chi connectivity index (χ3v) is 2.98. The second kappa shape index (κ2) is 4.29. The van der Waals surface area contributed by atoms with E-state index in [0.717, 1.165) is 16.5 Å². The lowest BCUT2D eigenvalue weighted by molar-refractivity contribution is 0.235. The molecule has 1 aliphatic rings. The summed E-state index contributed by atoms with van der Waals surface area (Å²) in [4.78, 5) is 11.3. The molecule has 1 aliphatic heterocycles. The summed E-state index contributed by atoms with van der Waals surface area (Å²) in [5.41, 5.74) is 6.90. The third-order valence-electron chi connectivity index (χ3n) is 2.98. The summed E-state index contributed by atoms with van der Waals surface area (Å²) in [5, 5.41) is 10.5. The van der Waals surface area contributed by atoms with E-state index in [1.807, 2.05) is 42.5 Å². The number of carbonyl (C=O) groups excluding carboxylic acids is 1. The van der Waals surface area contributed by atoms with E-state index in [1.165, 1.54) is 6.20 Å². The van der Waals surface area contributed by atoms with Gasteiger partial charge < -0.3 is 10.6 Å². The van der Waals surface area contributed by atoms with Gasteiger partial charge in [-0.1, -0.05) is 30.3 Å². The predicted octanol–water partition coefficient (Wildman–Crippen LogP) is 1.69. The van der Waals surface area contributed by atoms with Crippen LogP contribution in [-0.4, -0.2) is 11.8 Å². The largest absolute Gasteiger partial charge is 0.347 e. The van der Waals surface area contributed by atoms with Crippen molar-refractivity contribution in [1.29, 1.82) is 0 Å². The summed E-state index contributed by atoms with van der Waals surface area (Å²) in [6, 6.07) is 13.6. The summed E-state index contributed by atoms with van der Waals surface area (Å²) in [7, 11) is 0. The molecule has 1 heterocycles. The quantitative estimate of drug-likeness (QED) is 0.616. The molecule has 0 fully saturated rings. The van der Waals surface area contributed by atoms with Crippen LogP contribution in [0.15, 0.2) is 54.7 Å². The summed E-state index contributed by atoms with van der Waals surface area (Å²) >= 11 is 0. The summed E-state index contributed by atoms with van der Waals surface area (Å²) in [6.45, 7) is 0. The van der Waals surface area contributed by atoms with Gasteiger partial charge in [0.25, 0.3) is 0 Å². The highest BCUT2D eigenvalue weighted by molar-refractivity contribution is 5.86. The highest BCUT2D eigenvalue weighted by Gasteiger charge is 2.26. The summed E-state index contributed by atoms with van der Waals surface area (Å²) in [5.74, 6) is -1.08. The number of nitrogens with one attached hydrogen (secondary N) is 3. The van der Waals surface area contributed by atoms with Gasteiger partial charge in [-0.05, 0) is 29.0 Å². The van der Waals surface area contributed by atoms with Crippen molar-refractivity contribution in [3.63, 3.8) is 0 Å². The number of benzene rings is 2. The van der Waals surface area contributed by atoms with Crippen LogP contribution in [0.2, 0.25) is 0 Å². The van der Waals surface area contributed by atoms with E-state index >= 15 is 0 Å². The zero-order chi connectivity index (χ0) is 13.3. The van der Waals surface area contributed by atoms with E-state index in [4.69, 9.17) is 5.73 Å². The average molecular weight is 254 g/mol. The van der Waals surface area contributed by atoms with Crippen LogP contribution in [0.4, 0.5) is 10.5 Å². The fourth-order valence-corrected chi connectivity index (χ4v) is 2.09. The Morgan fingerprint density at radius 1 is 1.11 bits per heavy atom. The molecular formula is C14H14N4O. The Balaban J connectivity index is 1.90. The maximum Gasteiger partial charge on any atom is 0.321 e. The van der Waals surface area contributed by atoms with Crippen LogP contribution in [0, 0.1) is 0 Å². The maximum atomic E-state index is 11.3. The fourth-order valence-electron chi connectivity index (χ4n) is 2.09. The van der Waals surface area contributed by atoms with Gasteiger partial charge in [0.15, 0.2) is 5.79 Å². The van der Waals surface area contributed by atoms with Crippen LogP contribution in [0.1, 0.15) is 0 Å². The topological polar surface area (TPSA) is 79.2 Å². The standard InChI is InChI=1S/C14H14N4O/c15-14(7-8-16-13(19)18-14)17-12-6-5-10-3-1-2-4-11(10)9-12/h1-9,17H,15H2,(H2,16,18,19). The molecule has 2 amide bonds. The third kappa shape index (κ3) is 2.36. The van der Waals surface area contributed by atoms with Gasteiger partial charge in [-0.2, -0.15) is 0 Å². The second-order valence-electron chi connectivity index (χ2n) is 4.49. The van der Waals surface area contributed by atoms with Crippen LogP contribution in [0.3, 0.4) is 0 Å². The van der Waals surface area contributed by atoms with E-state index in [9.17, 15) is 4.79 Å². The van der Waals surface area contributed by atoms with Crippen molar-refractivity contribution in [2.24, 2.45) is 5.73 Å². The molecule has 0 aliphatic carbocycles. The monoisotopic (exact) mass is 254 g/mol. The van der Waals surface area contributed by atoms with Gasteiger partial charge in [-0.3, -0.25) is 11.1 Å². The number of fused-ring (bicyclic) bond motifs is 1. The molecule has 0 aromatic heterocycles. The van der Waals surface area contributed by atoms with E-state index in [-0.39, 0.29) is 6.03 Å². The number of carbonyl (C=O) groups is 1. The van der Waals surface area contributed by atoms with Gasteiger partial charge >= 0.3 is 6.03 Å². The highest BCUT2D eigenvalue weighted by atomic mass is 16.2. The zero-order valence-corrected chi connectivity index (χ0v) is 10.2. The smallest absolute Gasteiger partial charge is 0.321 e. The SMILES string of the molecule is NC1(Nc2ccc3ccccc3c2)C=CNC(=O)N1. The lowest BCUT2D eigenvalue weighted by Gasteiger charge is -2.31. The zero-order valence-electron chi connectivity index (χ0n) is 10.2. The molecule has 0 spiro atoms. The van der Waals surface area contributed by atoms with Crippen molar-refractivity contribution >= 4 is 22.5 Å². The molecule has 2 aromatic rings.